The van der Waals surface area contributed by atoms with Crippen LogP contribution in [0, 0.1) is 0 Å². The van der Waals surface area contributed by atoms with Gasteiger partial charge in [0.2, 0.25) is 0 Å². The van der Waals surface area contributed by atoms with Crippen molar-refractivity contribution in [1.82, 2.24) is 4.90 Å². The standard InChI is InChI=1S/C16H11NO4S2/c18-13-9-11(15(20)21-13)17-14(19)12(23-16(17)22)8-4-7-10-5-2-1-3-6-10/h1-8,11H,9H2/b7-4+,12-8-. The summed E-state index contributed by atoms with van der Waals surface area (Å²) < 4.78 is 4.74. The molecule has 2 fully saturated rings. The van der Waals surface area contributed by atoms with Crippen LogP contribution in [0.15, 0.2) is 47.4 Å². The van der Waals surface area contributed by atoms with Gasteiger partial charge in [0.1, 0.15) is 10.4 Å². The van der Waals surface area contributed by atoms with Gasteiger partial charge in [0.25, 0.3) is 5.91 Å². The minimum absolute atomic E-state index is 0.154. The van der Waals surface area contributed by atoms with Gasteiger partial charge in [-0.3, -0.25) is 14.5 Å². The molecule has 7 heteroatoms. The summed E-state index contributed by atoms with van der Waals surface area (Å²) in [6, 6.07) is 8.69. The van der Waals surface area contributed by atoms with E-state index in [-0.39, 0.29) is 16.6 Å². The van der Waals surface area contributed by atoms with Crippen LogP contribution in [0.5, 0.6) is 0 Å². The number of cyclic esters (lactones) is 2. The topological polar surface area (TPSA) is 63.7 Å². The fourth-order valence-electron chi connectivity index (χ4n) is 2.23. The second-order valence-electron chi connectivity index (χ2n) is 4.86. The number of carbonyl (C=O) groups excluding carboxylic acids is 3. The second-order valence-corrected chi connectivity index (χ2v) is 6.53. The van der Waals surface area contributed by atoms with E-state index in [1.54, 1.807) is 12.2 Å². The highest BCUT2D eigenvalue weighted by Crippen LogP contribution is 2.34. The molecule has 0 N–H and O–H groups in total. The number of esters is 2. The van der Waals surface area contributed by atoms with Gasteiger partial charge in [-0.1, -0.05) is 66.5 Å². The zero-order chi connectivity index (χ0) is 16.4. The number of rotatable bonds is 3. The molecular formula is C16H11NO4S2. The lowest BCUT2D eigenvalue weighted by Gasteiger charge is -2.17. The molecule has 1 unspecified atom stereocenters. The van der Waals surface area contributed by atoms with E-state index in [9.17, 15) is 14.4 Å². The Balaban J connectivity index is 1.76. The Kier molecular flexibility index (Phi) is 4.40. The zero-order valence-corrected chi connectivity index (χ0v) is 13.4. The summed E-state index contributed by atoms with van der Waals surface area (Å²) >= 11 is 6.26. The Labute approximate surface area is 142 Å². The summed E-state index contributed by atoms with van der Waals surface area (Å²) in [6.07, 6.45) is 5.10. The van der Waals surface area contributed by atoms with Gasteiger partial charge in [0.05, 0.1) is 11.3 Å². The van der Waals surface area contributed by atoms with E-state index >= 15 is 0 Å². The van der Waals surface area contributed by atoms with Crippen LogP contribution in [0.25, 0.3) is 6.08 Å². The van der Waals surface area contributed by atoms with Crippen molar-refractivity contribution in [2.45, 2.75) is 12.5 Å². The number of hydrogen-bond donors (Lipinski definition) is 0. The lowest BCUT2D eigenvalue weighted by molar-refractivity contribution is -0.153. The molecule has 0 radical (unpaired) electrons. The Hall–Kier alpha value is -2.25. The van der Waals surface area contributed by atoms with Gasteiger partial charge in [0.15, 0.2) is 0 Å². The summed E-state index contributed by atoms with van der Waals surface area (Å²) in [4.78, 5) is 36.8. The van der Waals surface area contributed by atoms with Gasteiger partial charge in [-0.15, -0.1) is 0 Å². The lowest BCUT2D eigenvalue weighted by Crippen LogP contribution is -2.41. The van der Waals surface area contributed by atoms with Gasteiger partial charge in [-0.25, -0.2) is 4.79 Å². The van der Waals surface area contributed by atoms with Gasteiger partial charge in [-0.05, 0) is 11.6 Å². The van der Waals surface area contributed by atoms with Gasteiger partial charge >= 0.3 is 11.9 Å². The first-order valence-electron chi connectivity index (χ1n) is 6.79. The van der Waals surface area contributed by atoms with E-state index < -0.39 is 18.0 Å². The SMILES string of the molecule is O=C1CC(N2C(=O)/C(=C/C=C/c3ccccc3)SC2=S)C(=O)O1. The van der Waals surface area contributed by atoms with Crippen LogP contribution in [0.3, 0.4) is 0 Å². The molecule has 116 valence electrons. The number of nitrogens with zero attached hydrogens (tertiary/aromatic N) is 1. The minimum Gasteiger partial charge on any atom is -0.392 e. The first kappa shape index (κ1) is 15.6. The smallest absolute Gasteiger partial charge is 0.337 e. The van der Waals surface area contributed by atoms with Gasteiger partial charge < -0.3 is 4.74 Å². The second kappa shape index (κ2) is 6.47. The number of amides is 1. The first-order chi connectivity index (χ1) is 11.1. The number of benzene rings is 1. The quantitative estimate of drug-likeness (QED) is 0.362. The Bertz CT molecular complexity index is 755. The molecule has 3 rings (SSSR count). The third-order valence-corrected chi connectivity index (χ3v) is 4.67. The van der Waals surface area contributed by atoms with E-state index in [0.29, 0.717) is 4.91 Å². The van der Waals surface area contributed by atoms with Gasteiger partial charge in [-0.2, -0.15) is 0 Å². The van der Waals surface area contributed by atoms with Gasteiger partial charge in [0, 0.05) is 0 Å². The monoisotopic (exact) mass is 345 g/mol. The van der Waals surface area contributed by atoms with Crippen molar-refractivity contribution < 1.29 is 19.1 Å². The maximum atomic E-state index is 12.4. The molecule has 0 aliphatic carbocycles. The number of carbonyl (C=O) groups is 3. The van der Waals surface area contributed by atoms with Crippen LogP contribution in [0.1, 0.15) is 12.0 Å². The summed E-state index contributed by atoms with van der Waals surface area (Å²) in [5.41, 5.74) is 1.00. The average molecular weight is 345 g/mol. The number of ether oxygens (including phenoxy) is 1. The highest BCUT2D eigenvalue weighted by Gasteiger charge is 2.46. The van der Waals surface area contributed by atoms with Crippen LogP contribution >= 0.6 is 24.0 Å². The summed E-state index contributed by atoms with van der Waals surface area (Å²) in [7, 11) is 0. The molecule has 2 aliphatic rings. The van der Waals surface area contributed by atoms with E-state index in [1.807, 2.05) is 36.4 Å². The Morgan fingerprint density at radius 2 is 1.96 bits per heavy atom. The molecular weight excluding hydrogens is 334 g/mol. The normalized spacial score (nSPS) is 23.4. The van der Waals surface area contributed by atoms with Crippen molar-refractivity contribution >= 4 is 52.2 Å². The molecule has 1 aromatic carbocycles. The number of thiocarbonyl (C=S) groups is 1. The predicted octanol–water partition coefficient (Wildman–Crippen LogP) is 2.29. The highest BCUT2D eigenvalue weighted by molar-refractivity contribution is 8.26. The molecule has 2 heterocycles. The van der Waals surface area contributed by atoms with Crippen LogP contribution in [-0.4, -0.2) is 33.1 Å². The summed E-state index contributed by atoms with van der Waals surface area (Å²) in [5, 5.41) is 0. The van der Waals surface area contributed by atoms with E-state index in [0.717, 1.165) is 22.2 Å². The predicted molar refractivity (Wildman–Crippen MR) is 90.1 cm³/mol. The molecule has 0 aromatic heterocycles. The molecule has 2 aliphatic heterocycles. The van der Waals surface area contributed by atoms with Crippen molar-refractivity contribution in [3.05, 3.63) is 53.0 Å². The Morgan fingerprint density at radius 3 is 2.61 bits per heavy atom. The number of hydrogen-bond acceptors (Lipinski definition) is 6. The zero-order valence-electron chi connectivity index (χ0n) is 11.8. The summed E-state index contributed by atoms with van der Waals surface area (Å²) in [5.74, 6) is -1.75. The molecule has 23 heavy (non-hydrogen) atoms. The van der Waals surface area contributed by atoms with E-state index in [1.165, 1.54) is 0 Å². The molecule has 5 nitrogen and oxygen atoms in total. The fraction of sp³-hybridized carbons (Fsp3) is 0.125. The summed E-state index contributed by atoms with van der Waals surface area (Å²) in [6.45, 7) is 0. The van der Waals surface area contributed by atoms with Crippen LogP contribution in [0.2, 0.25) is 0 Å². The van der Waals surface area contributed by atoms with Crippen molar-refractivity contribution in [2.75, 3.05) is 0 Å². The van der Waals surface area contributed by atoms with Crippen LogP contribution < -0.4 is 0 Å². The maximum absolute atomic E-state index is 12.4. The van der Waals surface area contributed by atoms with E-state index in [4.69, 9.17) is 12.2 Å². The molecule has 2 saturated heterocycles. The maximum Gasteiger partial charge on any atom is 0.337 e. The molecule has 0 spiro atoms. The molecule has 1 aromatic rings. The number of allylic oxidation sites excluding steroid dienone is 2. The van der Waals surface area contributed by atoms with Crippen molar-refractivity contribution in [1.29, 1.82) is 0 Å². The third-order valence-electron chi connectivity index (χ3n) is 3.32. The van der Waals surface area contributed by atoms with Crippen molar-refractivity contribution in [2.24, 2.45) is 0 Å². The fourth-order valence-corrected chi connectivity index (χ4v) is 3.54. The molecule has 1 atom stereocenters. The van der Waals surface area contributed by atoms with Crippen LogP contribution in [-0.2, 0) is 19.1 Å². The molecule has 0 bridgehead atoms. The highest BCUT2D eigenvalue weighted by atomic mass is 32.2. The molecule has 0 saturated carbocycles. The van der Waals surface area contributed by atoms with Crippen LogP contribution in [0.4, 0.5) is 0 Å². The molecule has 1 amide bonds. The minimum atomic E-state index is -0.945. The van der Waals surface area contributed by atoms with E-state index in [2.05, 4.69) is 4.74 Å². The largest absolute Gasteiger partial charge is 0.392 e. The first-order valence-corrected chi connectivity index (χ1v) is 8.02. The third kappa shape index (κ3) is 3.25. The van der Waals surface area contributed by atoms with Crippen molar-refractivity contribution in [3.8, 4) is 0 Å². The van der Waals surface area contributed by atoms with Crippen molar-refractivity contribution in [3.63, 3.8) is 0 Å². The average Bonchev–Trinajstić information content (AvgIpc) is 2.99. The Morgan fingerprint density at radius 1 is 1.22 bits per heavy atom. The number of thioether (sulfide) groups is 1. The lowest BCUT2D eigenvalue weighted by atomic mass is 10.2.